The number of nitrogens with zero attached hydrogens (tertiary/aromatic N) is 3. The van der Waals surface area contributed by atoms with Crippen molar-refractivity contribution in [2.75, 3.05) is 25.0 Å². The second-order valence-electron chi connectivity index (χ2n) is 6.98. The number of ether oxygens (including phenoxy) is 1. The number of likely N-dealkylation sites (tertiary alicyclic amines) is 1. The summed E-state index contributed by atoms with van der Waals surface area (Å²) in [5.74, 6) is 1.32. The molecule has 1 aliphatic heterocycles. The van der Waals surface area contributed by atoms with Crippen LogP contribution in [-0.2, 0) is 6.54 Å². The Morgan fingerprint density at radius 1 is 1.00 bits per heavy atom. The number of aromatic nitrogens is 2. The molecule has 148 valence electrons. The summed E-state index contributed by atoms with van der Waals surface area (Å²) >= 11 is 0. The van der Waals surface area contributed by atoms with Crippen LogP contribution in [0.1, 0.15) is 25.3 Å². The molecule has 0 spiro atoms. The van der Waals surface area contributed by atoms with E-state index in [9.17, 15) is 0 Å². The van der Waals surface area contributed by atoms with Gasteiger partial charge in [-0.25, -0.2) is 4.98 Å². The molecule has 6 nitrogen and oxygen atoms in total. The number of para-hydroxylation sites is 1. The molecule has 28 heavy (non-hydrogen) atoms. The van der Waals surface area contributed by atoms with Crippen molar-refractivity contribution in [2.45, 2.75) is 32.4 Å². The van der Waals surface area contributed by atoms with Crippen molar-refractivity contribution in [1.82, 2.24) is 14.9 Å². The van der Waals surface area contributed by atoms with Gasteiger partial charge in [-0.2, -0.15) is 4.98 Å². The maximum atomic E-state index is 5.73. The van der Waals surface area contributed by atoms with Gasteiger partial charge in [0, 0.05) is 25.7 Å². The van der Waals surface area contributed by atoms with Crippen LogP contribution in [0.25, 0.3) is 10.9 Å². The first-order valence-electron chi connectivity index (χ1n) is 9.74. The Morgan fingerprint density at radius 3 is 2.46 bits per heavy atom. The standard InChI is InChI=1S/C22H26N4O.H2O/c1-2-27-21-19-10-6-7-11-20(19)24-22(25-21)23-18-12-14-26(15-13-18)16-17-8-4-3-5-9-17;/h3-11,18H,2,12-16H2,1H3,(H,23,24,25);1H2. The molecule has 1 aliphatic rings. The summed E-state index contributed by atoms with van der Waals surface area (Å²) in [5, 5.41) is 4.49. The second kappa shape index (κ2) is 9.48. The largest absolute Gasteiger partial charge is 0.477 e. The Kier molecular flexibility index (Phi) is 6.79. The summed E-state index contributed by atoms with van der Waals surface area (Å²) in [4.78, 5) is 11.8. The molecule has 6 heteroatoms. The Hall–Kier alpha value is -2.70. The molecule has 4 rings (SSSR count). The van der Waals surface area contributed by atoms with Gasteiger partial charge < -0.3 is 15.5 Å². The number of benzene rings is 2. The molecule has 0 atom stereocenters. The summed E-state index contributed by atoms with van der Waals surface area (Å²) in [7, 11) is 0. The van der Waals surface area contributed by atoms with E-state index < -0.39 is 0 Å². The molecule has 1 fully saturated rings. The van der Waals surface area contributed by atoms with E-state index in [4.69, 9.17) is 4.74 Å². The molecule has 1 aromatic heterocycles. The van der Waals surface area contributed by atoms with Gasteiger partial charge in [-0.05, 0) is 37.5 Å². The van der Waals surface area contributed by atoms with Crippen molar-refractivity contribution in [3.05, 3.63) is 60.2 Å². The summed E-state index contributed by atoms with van der Waals surface area (Å²) in [6.45, 7) is 5.76. The van der Waals surface area contributed by atoms with Gasteiger partial charge in [-0.15, -0.1) is 0 Å². The SMILES string of the molecule is CCOc1nc(NC2CCN(Cc3ccccc3)CC2)nc2ccccc12.O. The third-order valence-electron chi connectivity index (χ3n) is 5.02. The van der Waals surface area contributed by atoms with E-state index in [1.807, 2.05) is 31.2 Å². The third kappa shape index (κ3) is 4.77. The van der Waals surface area contributed by atoms with E-state index in [1.165, 1.54) is 5.56 Å². The predicted octanol–water partition coefficient (Wildman–Crippen LogP) is 3.28. The number of hydrogen-bond acceptors (Lipinski definition) is 5. The average molecular weight is 380 g/mol. The molecule has 3 N–H and O–H groups in total. The maximum Gasteiger partial charge on any atom is 0.226 e. The molecular formula is C22H28N4O2. The quantitative estimate of drug-likeness (QED) is 0.710. The van der Waals surface area contributed by atoms with E-state index in [-0.39, 0.29) is 5.48 Å². The second-order valence-corrected chi connectivity index (χ2v) is 6.98. The molecular weight excluding hydrogens is 352 g/mol. The van der Waals surface area contributed by atoms with Gasteiger partial charge >= 0.3 is 0 Å². The third-order valence-corrected chi connectivity index (χ3v) is 5.02. The van der Waals surface area contributed by atoms with E-state index in [0.717, 1.165) is 43.4 Å². The minimum atomic E-state index is 0. The summed E-state index contributed by atoms with van der Waals surface area (Å²) in [6.07, 6.45) is 2.18. The van der Waals surface area contributed by atoms with Crippen molar-refractivity contribution >= 4 is 16.9 Å². The zero-order valence-corrected chi connectivity index (χ0v) is 16.3. The lowest BCUT2D eigenvalue weighted by molar-refractivity contribution is 0.211. The monoisotopic (exact) mass is 380 g/mol. The van der Waals surface area contributed by atoms with Crippen molar-refractivity contribution in [1.29, 1.82) is 0 Å². The van der Waals surface area contributed by atoms with Crippen LogP contribution in [0.15, 0.2) is 54.6 Å². The fourth-order valence-electron chi connectivity index (χ4n) is 3.62. The highest BCUT2D eigenvalue weighted by Gasteiger charge is 2.20. The molecule has 3 aromatic rings. The molecule has 0 amide bonds. The van der Waals surface area contributed by atoms with Crippen LogP contribution in [0.4, 0.5) is 5.95 Å². The number of nitrogens with one attached hydrogen (secondary N) is 1. The Labute approximate surface area is 165 Å². The lowest BCUT2D eigenvalue weighted by Crippen LogP contribution is -2.39. The van der Waals surface area contributed by atoms with Gasteiger partial charge in [0.25, 0.3) is 0 Å². The van der Waals surface area contributed by atoms with Crippen LogP contribution in [0.2, 0.25) is 0 Å². The van der Waals surface area contributed by atoms with Crippen molar-refractivity contribution in [2.24, 2.45) is 0 Å². The van der Waals surface area contributed by atoms with Crippen LogP contribution in [0.3, 0.4) is 0 Å². The zero-order chi connectivity index (χ0) is 18.5. The smallest absolute Gasteiger partial charge is 0.226 e. The van der Waals surface area contributed by atoms with Gasteiger partial charge in [-0.1, -0.05) is 42.5 Å². The van der Waals surface area contributed by atoms with Gasteiger partial charge in [0.05, 0.1) is 17.5 Å². The highest BCUT2D eigenvalue weighted by atomic mass is 16.5. The highest BCUT2D eigenvalue weighted by molar-refractivity contribution is 5.84. The minimum Gasteiger partial charge on any atom is -0.477 e. The number of anilines is 1. The first-order chi connectivity index (χ1) is 13.3. The first-order valence-corrected chi connectivity index (χ1v) is 9.74. The molecule has 2 aromatic carbocycles. The minimum absolute atomic E-state index is 0. The fourth-order valence-corrected chi connectivity index (χ4v) is 3.62. The Bertz CT molecular complexity index is 880. The fraction of sp³-hybridized carbons (Fsp3) is 0.364. The van der Waals surface area contributed by atoms with Gasteiger partial charge in [0.15, 0.2) is 0 Å². The van der Waals surface area contributed by atoms with Gasteiger partial charge in [0.2, 0.25) is 11.8 Å². The van der Waals surface area contributed by atoms with Crippen LogP contribution in [0, 0.1) is 0 Å². The van der Waals surface area contributed by atoms with Crippen LogP contribution >= 0.6 is 0 Å². The Balaban J connectivity index is 0.00000225. The number of hydrogen-bond donors (Lipinski definition) is 1. The van der Waals surface area contributed by atoms with Gasteiger partial charge in [0.1, 0.15) is 0 Å². The first kappa shape index (κ1) is 20.0. The van der Waals surface area contributed by atoms with Crippen molar-refractivity contribution in [3.8, 4) is 5.88 Å². The molecule has 1 saturated heterocycles. The lowest BCUT2D eigenvalue weighted by atomic mass is 10.0. The average Bonchev–Trinajstić information content (AvgIpc) is 2.71. The maximum absolute atomic E-state index is 5.73. The van der Waals surface area contributed by atoms with Crippen LogP contribution in [0.5, 0.6) is 5.88 Å². The number of rotatable bonds is 6. The number of piperidine rings is 1. The Morgan fingerprint density at radius 2 is 1.71 bits per heavy atom. The summed E-state index contributed by atoms with van der Waals surface area (Å²) < 4.78 is 5.73. The number of fused-ring (bicyclic) bond motifs is 1. The molecule has 0 saturated carbocycles. The van der Waals surface area contributed by atoms with Crippen LogP contribution in [-0.4, -0.2) is 46.1 Å². The van der Waals surface area contributed by atoms with Crippen LogP contribution < -0.4 is 10.1 Å². The topological polar surface area (TPSA) is 81.8 Å². The predicted molar refractivity (Wildman–Crippen MR) is 113 cm³/mol. The van der Waals surface area contributed by atoms with E-state index in [1.54, 1.807) is 0 Å². The molecule has 2 heterocycles. The van der Waals surface area contributed by atoms with Crippen molar-refractivity contribution in [3.63, 3.8) is 0 Å². The zero-order valence-electron chi connectivity index (χ0n) is 16.3. The molecule has 0 aliphatic carbocycles. The lowest BCUT2D eigenvalue weighted by Gasteiger charge is -2.32. The normalized spacial score (nSPS) is 15.2. The van der Waals surface area contributed by atoms with E-state index in [0.29, 0.717) is 24.5 Å². The van der Waals surface area contributed by atoms with Gasteiger partial charge in [-0.3, -0.25) is 4.90 Å². The summed E-state index contributed by atoms with van der Waals surface area (Å²) in [5.41, 5.74) is 2.29. The molecule has 0 bridgehead atoms. The van der Waals surface area contributed by atoms with E-state index in [2.05, 4.69) is 50.5 Å². The highest BCUT2D eigenvalue weighted by Crippen LogP contribution is 2.25. The van der Waals surface area contributed by atoms with E-state index >= 15 is 0 Å². The van der Waals surface area contributed by atoms with Crippen molar-refractivity contribution < 1.29 is 10.2 Å². The molecule has 0 unspecified atom stereocenters. The molecule has 0 radical (unpaired) electrons. The summed E-state index contributed by atoms with van der Waals surface area (Å²) in [6, 6.07) is 19.1.